The molecule has 1 aliphatic rings. The molecule has 30 heavy (non-hydrogen) atoms. The van der Waals surface area contributed by atoms with Gasteiger partial charge in [0.2, 0.25) is 5.91 Å². The number of rotatable bonds is 9. The Bertz CT molecular complexity index is 685. The highest BCUT2D eigenvalue weighted by Crippen LogP contribution is 2.24. The second-order valence-corrected chi connectivity index (χ2v) is 9.48. The first-order chi connectivity index (χ1) is 14.0. The van der Waals surface area contributed by atoms with Crippen molar-refractivity contribution in [2.75, 3.05) is 18.8 Å². The van der Waals surface area contributed by atoms with Crippen molar-refractivity contribution in [3.05, 3.63) is 35.9 Å². The van der Waals surface area contributed by atoms with Crippen LogP contribution in [-0.4, -0.2) is 47.0 Å². The molecule has 170 valence electrons. The van der Waals surface area contributed by atoms with Gasteiger partial charge in [-0.15, -0.1) is 24.0 Å². The van der Waals surface area contributed by atoms with E-state index < -0.39 is 10.8 Å². The van der Waals surface area contributed by atoms with Crippen LogP contribution in [0.5, 0.6) is 0 Å². The molecule has 3 N–H and O–H groups in total. The van der Waals surface area contributed by atoms with E-state index in [1.54, 1.807) is 0 Å². The number of aliphatic imine (C=N–C) groups is 1. The first kappa shape index (κ1) is 26.9. The van der Waals surface area contributed by atoms with Crippen LogP contribution < -0.4 is 16.0 Å². The fraction of sp³-hybridized carbons (Fsp3) is 0.636. The number of hydrogen-bond donors (Lipinski definition) is 3. The van der Waals surface area contributed by atoms with E-state index in [2.05, 4.69) is 20.9 Å². The molecule has 3 unspecified atom stereocenters. The Hall–Kier alpha value is -1.16. The monoisotopic (exact) mass is 548 g/mol. The standard InChI is InChI=1S/C22H36N4O2S.HI/c1-4-23-22(24-13-14-29(28)16-18-9-6-5-7-10-18)26-20-12-8-11-19(15-20)21(27)25-17(2)3;/h5-7,9-10,17,19-20H,4,8,11-16H2,1-3H3,(H,25,27)(H2,23,24,26);1H. The van der Waals surface area contributed by atoms with Gasteiger partial charge in [0.25, 0.3) is 0 Å². The van der Waals surface area contributed by atoms with E-state index in [1.165, 1.54) is 0 Å². The second kappa shape index (κ2) is 14.8. The number of halogens is 1. The van der Waals surface area contributed by atoms with Gasteiger partial charge in [0.1, 0.15) is 0 Å². The van der Waals surface area contributed by atoms with E-state index in [9.17, 15) is 9.00 Å². The number of carbonyl (C=O) groups excluding carboxylic acids is 1. The van der Waals surface area contributed by atoms with Crippen LogP contribution in [0.2, 0.25) is 0 Å². The lowest BCUT2D eigenvalue weighted by molar-refractivity contribution is -0.126. The lowest BCUT2D eigenvalue weighted by Gasteiger charge is -2.30. The Kier molecular flexibility index (Phi) is 13.2. The summed E-state index contributed by atoms with van der Waals surface area (Å²) in [6.45, 7) is 7.30. The normalized spacial score (nSPS) is 20.2. The predicted molar refractivity (Wildman–Crippen MR) is 137 cm³/mol. The highest BCUT2D eigenvalue weighted by Gasteiger charge is 2.27. The van der Waals surface area contributed by atoms with E-state index >= 15 is 0 Å². The zero-order chi connectivity index (χ0) is 21.1. The summed E-state index contributed by atoms with van der Waals surface area (Å²) >= 11 is 0. The highest BCUT2D eigenvalue weighted by molar-refractivity contribution is 14.0. The van der Waals surface area contributed by atoms with Gasteiger partial charge in [-0.2, -0.15) is 0 Å². The molecule has 0 bridgehead atoms. The van der Waals surface area contributed by atoms with E-state index in [4.69, 9.17) is 0 Å². The fourth-order valence-electron chi connectivity index (χ4n) is 3.57. The first-order valence-electron chi connectivity index (χ1n) is 10.7. The third kappa shape index (κ3) is 10.2. The Balaban J connectivity index is 0.00000450. The molecule has 1 aromatic carbocycles. The molecule has 1 aromatic rings. The Morgan fingerprint density at radius 3 is 2.63 bits per heavy atom. The Labute approximate surface area is 200 Å². The van der Waals surface area contributed by atoms with E-state index in [1.807, 2.05) is 51.1 Å². The molecular formula is C22H37IN4O2S. The summed E-state index contributed by atoms with van der Waals surface area (Å²) in [5.74, 6) is 2.07. The van der Waals surface area contributed by atoms with Gasteiger partial charge in [0.15, 0.2) is 5.96 Å². The largest absolute Gasteiger partial charge is 0.357 e. The van der Waals surface area contributed by atoms with Gasteiger partial charge >= 0.3 is 0 Å². The highest BCUT2D eigenvalue weighted by atomic mass is 127. The third-order valence-corrected chi connectivity index (χ3v) is 6.21. The van der Waals surface area contributed by atoms with Crippen molar-refractivity contribution >= 4 is 46.6 Å². The smallest absolute Gasteiger partial charge is 0.223 e. The van der Waals surface area contributed by atoms with Gasteiger partial charge in [-0.05, 0) is 45.6 Å². The molecule has 8 heteroatoms. The maximum atomic E-state index is 12.3. The molecule has 1 saturated carbocycles. The molecule has 0 aliphatic heterocycles. The summed E-state index contributed by atoms with van der Waals surface area (Å²) in [7, 11) is -0.931. The van der Waals surface area contributed by atoms with Crippen molar-refractivity contribution < 1.29 is 9.00 Å². The molecule has 1 aliphatic carbocycles. The van der Waals surface area contributed by atoms with Gasteiger partial charge in [-0.25, -0.2) is 0 Å². The molecule has 2 rings (SSSR count). The number of carbonyl (C=O) groups is 1. The second-order valence-electron chi connectivity index (χ2n) is 7.90. The molecular weight excluding hydrogens is 511 g/mol. The summed E-state index contributed by atoms with van der Waals surface area (Å²) in [5, 5.41) is 9.78. The lowest BCUT2D eigenvalue weighted by Crippen LogP contribution is -2.47. The fourth-order valence-corrected chi connectivity index (χ4v) is 4.57. The SMILES string of the molecule is CCNC(=NCCS(=O)Cc1ccccc1)NC1CCCC(C(=O)NC(C)C)C1.I. The average Bonchev–Trinajstić information content (AvgIpc) is 2.68. The van der Waals surface area contributed by atoms with Crippen molar-refractivity contribution in [2.24, 2.45) is 10.9 Å². The molecule has 6 nitrogen and oxygen atoms in total. The quantitative estimate of drug-likeness (QED) is 0.252. The molecule has 1 amide bonds. The minimum absolute atomic E-state index is 0. The number of nitrogens with zero attached hydrogens (tertiary/aromatic N) is 1. The average molecular weight is 549 g/mol. The molecule has 3 atom stereocenters. The predicted octanol–water partition coefficient (Wildman–Crippen LogP) is 3.19. The summed E-state index contributed by atoms with van der Waals surface area (Å²) in [6.07, 6.45) is 3.84. The van der Waals surface area contributed by atoms with Gasteiger partial charge in [-0.1, -0.05) is 36.8 Å². The van der Waals surface area contributed by atoms with Gasteiger partial charge in [0.05, 0.1) is 6.54 Å². The number of guanidine groups is 1. The van der Waals surface area contributed by atoms with Crippen molar-refractivity contribution in [3.63, 3.8) is 0 Å². The number of amides is 1. The molecule has 1 fully saturated rings. The summed E-state index contributed by atoms with van der Waals surface area (Å²) < 4.78 is 12.3. The van der Waals surface area contributed by atoms with Crippen LogP contribution in [0.25, 0.3) is 0 Å². The first-order valence-corrected chi connectivity index (χ1v) is 12.2. The van der Waals surface area contributed by atoms with Crippen molar-refractivity contribution in [2.45, 2.75) is 64.3 Å². The van der Waals surface area contributed by atoms with Crippen LogP contribution >= 0.6 is 24.0 Å². The van der Waals surface area contributed by atoms with Gasteiger partial charge in [0, 0.05) is 46.9 Å². The van der Waals surface area contributed by atoms with Gasteiger partial charge < -0.3 is 16.0 Å². The minimum Gasteiger partial charge on any atom is -0.357 e. The molecule has 0 spiro atoms. The molecule has 0 aromatic heterocycles. The number of benzene rings is 1. The van der Waals surface area contributed by atoms with Crippen LogP contribution in [-0.2, 0) is 21.3 Å². The maximum Gasteiger partial charge on any atom is 0.223 e. The summed E-state index contributed by atoms with van der Waals surface area (Å²) in [6, 6.07) is 10.3. The Morgan fingerprint density at radius 2 is 1.97 bits per heavy atom. The van der Waals surface area contributed by atoms with Crippen molar-refractivity contribution in [3.8, 4) is 0 Å². The zero-order valence-electron chi connectivity index (χ0n) is 18.4. The third-order valence-electron chi connectivity index (χ3n) is 4.92. The van der Waals surface area contributed by atoms with Crippen LogP contribution in [0.1, 0.15) is 52.0 Å². The van der Waals surface area contributed by atoms with Crippen LogP contribution in [0.15, 0.2) is 35.3 Å². The molecule has 0 heterocycles. The number of nitrogens with one attached hydrogen (secondary N) is 3. The number of hydrogen-bond acceptors (Lipinski definition) is 3. The maximum absolute atomic E-state index is 12.3. The Morgan fingerprint density at radius 1 is 1.23 bits per heavy atom. The van der Waals surface area contributed by atoms with Crippen LogP contribution in [0.3, 0.4) is 0 Å². The van der Waals surface area contributed by atoms with Gasteiger partial charge in [-0.3, -0.25) is 14.0 Å². The van der Waals surface area contributed by atoms with E-state index in [-0.39, 0.29) is 47.9 Å². The molecule has 0 saturated heterocycles. The van der Waals surface area contributed by atoms with E-state index in [0.717, 1.165) is 43.8 Å². The molecule has 0 radical (unpaired) electrons. The van der Waals surface area contributed by atoms with Crippen molar-refractivity contribution in [1.29, 1.82) is 0 Å². The zero-order valence-corrected chi connectivity index (χ0v) is 21.5. The minimum atomic E-state index is -0.931. The van der Waals surface area contributed by atoms with Crippen LogP contribution in [0, 0.1) is 5.92 Å². The van der Waals surface area contributed by atoms with Crippen molar-refractivity contribution in [1.82, 2.24) is 16.0 Å². The lowest BCUT2D eigenvalue weighted by atomic mass is 9.85. The summed E-state index contributed by atoms with van der Waals surface area (Å²) in [4.78, 5) is 17.0. The van der Waals surface area contributed by atoms with E-state index in [0.29, 0.717) is 18.1 Å². The summed E-state index contributed by atoms with van der Waals surface area (Å²) in [5.41, 5.74) is 1.09. The van der Waals surface area contributed by atoms with Crippen LogP contribution in [0.4, 0.5) is 0 Å². The topological polar surface area (TPSA) is 82.6 Å².